The summed E-state index contributed by atoms with van der Waals surface area (Å²) in [5.41, 5.74) is 1.18. The maximum atomic E-state index is 4.21. The zero-order valence-electron chi connectivity index (χ0n) is 8.30. The number of hydrogen-bond acceptors (Lipinski definition) is 3. The molecule has 1 N–H and O–H groups in total. The summed E-state index contributed by atoms with van der Waals surface area (Å²) in [6.07, 6.45) is 4.01. The van der Waals surface area contributed by atoms with Gasteiger partial charge in [-0.1, -0.05) is 18.2 Å². The van der Waals surface area contributed by atoms with Crippen LogP contribution in [0.4, 0.5) is 11.6 Å². The molecule has 0 radical (unpaired) electrons. The molecule has 1 fully saturated rings. The summed E-state index contributed by atoms with van der Waals surface area (Å²) in [4.78, 5) is 6.43. The minimum atomic E-state index is 0.584. The van der Waals surface area contributed by atoms with Gasteiger partial charge in [0, 0.05) is 11.7 Å². The van der Waals surface area contributed by atoms with Crippen LogP contribution in [0.1, 0.15) is 12.8 Å². The molecule has 0 amide bonds. The maximum absolute atomic E-state index is 4.21. The van der Waals surface area contributed by atoms with E-state index < -0.39 is 0 Å². The van der Waals surface area contributed by atoms with E-state index in [2.05, 4.69) is 32.2 Å². The number of anilines is 2. The van der Waals surface area contributed by atoms with Crippen molar-refractivity contribution in [2.75, 3.05) is 4.90 Å². The van der Waals surface area contributed by atoms with Crippen LogP contribution in [-0.4, -0.2) is 21.2 Å². The molecule has 1 aromatic heterocycles. The van der Waals surface area contributed by atoms with Crippen molar-refractivity contribution < 1.29 is 0 Å². The van der Waals surface area contributed by atoms with Gasteiger partial charge in [0.15, 0.2) is 0 Å². The van der Waals surface area contributed by atoms with Crippen LogP contribution in [0.25, 0.3) is 0 Å². The van der Waals surface area contributed by atoms with Crippen LogP contribution in [0.2, 0.25) is 0 Å². The number of nitrogens with one attached hydrogen (secondary N) is 1. The molecule has 1 aliphatic rings. The van der Waals surface area contributed by atoms with Crippen LogP contribution in [0, 0.1) is 0 Å². The minimum Gasteiger partial charge on any atom is -0.308 e. The van der Waals surface area contributed by atoms with E-state index in [1.165, 1.54) is 18.5 Å². The number of nitrogens with zero attached hydrogens (tertiary/aromatic N) is 3. The predicted molar refractivity (Wildman–Crippen MR) is 58.0 cm³/mol. The Balaban J connectivity index is 1.98. The molecule has 4 heteroatoms. The van der Waals surface area contributed by atoms with Crippen LogP contribution >= 0.6 is 0 Å². The van der Waals surface area contributed by atoms with E-state index >= 15 is 0 Å². The Bertz CT molecular complexity index is 419. The first-order chi connectivity index (χ1) is 7.45. The summed E-state index contributed by atoms with van der Waals surface area (Å²) in [6.45, 7) is 0. The third-order valence-electron chi connectivity index (χ3n) is 2.58. The molecule has 0 bridgehead atoms. The van der Waals surface area contributed by atoms with E-state index in [-0.39, 0.29) is 0 Å². The number of rotatable bonds is 3. The lowest BCUT2D eigenvalue weighted by Gasteiger charge is -2.20. The highest BCUT2D eigenvalue weighted by atomic mass is 15.4. The van der Waals surface area contributed by atoms with Gasteiger partial charge in [0.1, 0.15) is 6.33 Å². The van der Waals surface area contributed by atoms with Crippen LogP contribution in [0.5, 0.6) is 0 Å². The zero-order valence-corrected chi connectivity index (χ0v) is 8.30. The second-order valence-corrected chi connectivity index (χ2v) is 3.75. The Hall–Kier alpha value is -1.84. The molecule has 0 aliphatic heterocycles. The summed E-state index contributed by atoms with van der Waals surface area (Å²) < 4.78 is 0. The first-order valence-corrected chi connectivity index (χ1v) is 5.15. The van der Waals surface area contributed by atoms with Crippen LogP contribution in [0.3, 0.4) is 0 Å². The number of aromatic amines is 1. The number of para-hydroxylation sites is 1. The van der Waals surface area contributed by atoms with Gasteiger partial charge in [0.2, 0.25) is 5.95 Å². The number of benzene rings is 1. The molecule has 0 unspecified atom stereocenters. The van der Waals surface area contributed by atoms with Crippen molar-refractivity contribution in [3.05, 3.63) is 36.7 Å². The second kappa shape index (κ2) is 3.38. The highest BCUT2D eigenvalue weighted by Crippen LogP contribution is 2.35. The number of aromatic nitrogens is 3. The van der Waals surface area contributed by atoms with Crippen molar-refractivity contribution in [2.24, 2.45) is 0 Å². The molecular formula is C11H12N4. The average molecular weight is 200 g/mol. The number of H-pyrrole nitrogens is 1. The Morgan fingerprint density at radius 2 is 2.00 bits per heavy atom. The number of hydrogen-bond donors (Lipinski definition) is 1. The van der Waals surface area contributed by atoms with Crippen molar-refractivity contribution in [1.29, 1.82) is 0 Å². The lowest BCUT2D eigenvalue weighted by molar-refractivity contribution is 0.911. The molecule has 4 nitrogen and oxygen atoms in total. The molecule has 1 saturated carbocycles. The topological polar surface area (TPSA) is 44.8 Å². The van der Waals surface area contributed by atoms with Crippen molar-refractivity contribution in [2.45, 2.75) is 18.9 Å². The van der Waals surface area contributed by atoms with E-state index in [1.54, 1.807) is 6.33 Å². The van der Waals surface area contributed by atoms with Crippen LogP contribution in [-0.2, 0) is 0 Å². The summed E-state index contributed by atoms with van der Waals surface area (Å²) in [7, 11) is 0. The highest BCUT2D eigenvalue weighted by molar-refractivity contribution is 5.58. The first kappa shape index (κ1) is 8.47. The molecular weight excluding hydrogens is 188 g/mol. The smallest absolute Gasteiger partial charge is 0.225 e. The summed E-state index contributed by atoms with van der Waals surface area (Å²) in [6, 6.07) is 10.9. The molecule has 76 valence electrons. The Kier molecular flexibility index (Phi) is 1.91. The van der Waals surface area contributed by atoms with E-state index in [1.807, 2.05) is 18.2 Å². The Morgan fingerprint density at radius 1 is 1.20 bits per heavy atom. The maximum Gasteiger partial charge on any atom is 0.225 e. The van der Waals surface area contributed by atoms with Crippen LogP contribution in [0.15, 0.2) is 36.7 Å². The first-order valence-electron chi connectivity index (χ1n) is 5.15. The lowest BCUT2D eigenvalue weighted by Crippen LogP contribution is -2.20. The third kappa shape index (κ3) is 1.58. The molecule has 0 saturated heterocycles. The molecule has 1 aromatic carbocycles. The van der Waals surface area contributed by atoms with E-state index in [0.29, 0.717) is 6.04 Å². The highest BCUT2D eigenvalue weighted by Gasteiger charge is 2.31. The lowest BCUT2D eigenvalue weighted by atomic mass is 10.3. The fourth-order valence-corrected chi connectivity index (χ4v) is 1.74. The van der Waals surface area contributed by atoms with E-state index in [9.17, 15) is 0 Å². The Morgan fingerprint density at radius 3 is 2.60 bits per heavy atom. The normalized spacial score (nSPS) is 15.2. The van der Waals surface area contributed by atoms with Gasteiger partial charge in [-0.15, -0.1) is 0 Å². The van der Waals surface area contributed by atoms with Crippen LogP contribution < -0.4 is 4.90 Å². The predicted octanol–water partition coefficient (Wildman–Crippen LogP) is 2.11. The largest absolute Gasteiger partial charge is 0.308 e. The summed E-state index contributed by atoms with van der Waals surface area (Å²) >= 11 is 0. The molecule has 0 atom stereocenters. The molecule has 3 rings (SSSR count). The van der Waals surface area contributed by atoms with Crippen molar-refractivity contribution in [1.82, 2.24) is 15.2 Å². The van der Waals surface area contributed by atoms with Crippen molar-refractivity contribution in [3.8, 4) is 0 Å². The monoisotopic (exact) mass is 200 g/mol. The third-order valence-corrected chi connectivity index (χ3v) is 2.58. The van der Waals surface area contributed by atoms with Gasteiger partial charge in [-0.05, 0) is 25.0 Å². The van der Waals surface area contributed by atoms with Gasteiger partial charge in [-0.2, -0.15) is 10.1 Å². The average Bonchev–Trinajstić information content (AvgIpc) is 2.96. The fourth-order valence-electron chi connectivity index (χ4n) is 1.74. The van der Waals surface area contributed by atoms with Gasteiger partial charge in [0.05, 0.1) is 0 Å². The zero-order chi connectivity index (χ0) is 10.1. The SMILES string of the molecule is c1ccc(N(c2ncn[nH]2)C2CC2)cc1. The fraction of sp³-hybridized carbons (Fsp3) is 0.273. The van der Waals surface area contributed by atoms with E-state index in [4.69, 9.17) is 0 Å². The van der Waals surface area contributed by atoms with Gasteiger partial charge in [0.25, 0.3) is 0 Å². The standard InChI is InChI=1S/C11H12N4/c1-2-4-9(5-3-1)15(10-6-7-10)11-12-8-13-14-11/h1-5,8,10H,6-7H2,(H,12,13,14). The van der Waals surface area contributed by atoms with Gasteiger partial charge in [-0.25, -0.2) is 5.10 Å². The van der Waals surface area contributed by atoms with Gasteiger partial charge >= 0.3 is 0 Å². The van der Waals surface area contributed by atoms with Crippen molar-refractivity contribution >= 4 is 11.6 Å². The Labute approximate surface area is 88.0 Å². The van der Waals surface area contributed by atoms with Gasteiger partial charge < -0.3 is 4.90 Å². The summed E-state index contributed by atoms with van der Waals surface area (Å²) in [5.74, 6) is 0.837. The molecule has 1 heterocycles. The molecule has 2 aromatic rings. The molecule has 0 spiro atoms. The molecule has 1 aliphatic carbocycles. The van der Waals surface area contributed by atoms with Gasteiger partial charge in [-0.3, -0.25) is 0 Å². The van der Waals surface area contributed by atoms with E-state index in [0.717, 1.165) is 5.95 Å². The quantitative estimate of drug-likeness (QED) is 0.825. The minimum absolute atomic E-state index is 0.584. The summed E-state index contributed by atoms with van der Waals surface area (Å²) in [5, 5.41) is 6.82. The second-order valence-electron chi connectivity index (χ2n) is 3.75. The molecule has 15 heavy (non-hydrogen) atoms. The van der Waals surface area contributed by atoms with Crippen molar-refractivity contribution in [3.63, 3.8) is 0 Å².